The van der Waals surface area contributed by atoms with Gasteiger partial charge in [0.2, 0.25) is 0 Å². The standard InChI is InChI=1S/C17H19N5O3/c23-17(19-15-6-7-18-12-16(15)22(24)25)21-10-8-20(9-11-21)13-14-4-2-1-3-5-14/h1-7,12H,8-11,13H2,(H,18,19,23). The number of anilines is 1. The second-order valence-electron chi connectivity index (χ2n) is 5.83. The van der Waals surface area contributed by atoms with Crippen LogP contribution in [0, 0.1) is 10.1 Å². The minimum absolute atomic E-state index is 0.164. The van der Waals surface area contributed by atoms with Crippen LogP contribution in [0.25, 0.3) is 0 Å². The molecule has 0 unspecified atom stereocenters. The van der Waals surface area contributed by atoms with Crippen molar-refractivity contribution in [1.29, 1.82) is 0 Å². The fraction of sp³-hybridized carbons (Fsp3) is 0.294. The molecule has 0 aliphatic carbocycles. The largest absolute Gasteiger partial charge is 0.322 e. The summed E-state index contributed by atoms with van der Waals surface area (Å²) in [6, 6.07) is 11.3. The fourth-order valence-electron chi connectivity index (χ4n) is 2.78. The highest BCUT2D eigenvalue weighted by Gasteiger charge is 2.23. The minimum atomic E-state index is -0.555. The van der Waals surface area contributed by atoms with Gasteiger partial charge in [-0.1, -0.05) is 30.3 Å². The molecule has 0 spiro atoms. The molecule has 1 aliphatic heterocycles. The lowest BCUT2D eigenvalue weighted by Crippen LogP contribution is -2.49. The Bertz CT molecular complexity index is 745. The van der Waals surface area contributed by atoms with Crippen molar-refractivity contribution in [2.75, 3.05) is 31.5 Å². The van der Waals surface area contributed by atoms with Gasteiger partial charge in [0.15, 0.2) is 0 Å². The van der Waals surface area contributed by atoms with Crippen molar-refractivity contribution in [2.45, 2.75) is 6.54 Å². The predicted octanol–water partition coefficient (Wildman–Crippen LogP) is 2.34. The first-order chi connectivity index (χ1) is 12.1. The molecule has 3 rings (SSSR count). The van der Waals surface area contributed by atoms with Crippen LogP contribution in [0.5, 0.6) is 0 Å². The highest BCUT2D eigenvalue weighted by Crippen LogP contribution is 2.22. The van der Waals surface area contributed by atoms with Crippen molar-refractivity contribution in [2.24, 2.45) is 0 Å². The van der Waals surface area contributed by atoms with E-state index in [1.165, 1.54) is 17.8 Å². The average Bonchev–Trinajstić information content (AvgIpc) is 2.63. The lowest BCUT2D eigenvalue weighted by atomic mass is 10.2. The molecule has 1 N–H and O–H groups in total. The molecule has 2 amide bonds. The molecule has 1 aromatic carbocycles. The Kier molecular flexibility index (Phi) is 5.20. The van der Waals surface area contributed by atoms with Gasteiger partial charge in [-0.05, 0) is 11.6 Å². The highest BCUT2D eigenvalue weighted by molar-refractivity contribution is 5.91. The quantitative estimate of drug-likeness (QED) is 0.681. The van der Waals surface area contributed by atoms with Crippen LogP contribution in [0.1, 0.15) is 5.56 Å². The van der Waals surface area contributed by atoms with Gasteiger partial charge in [-0.25, -0.2) is 4.79 Å². The number of piperazine rings is 1. The van der Waals surface area contributed by atoms with Crippen molar-refractivity contribution in [3.63, 3.8) is 0 Å². The Morgan fingerprint density at radius 3 is 2.56 bits per heavy atom. The Balaban J connectivity index is 1.54. The first-order valence-corrected chi connectivity index (χ1v) is 8.04. The highest BCUT2D eigenvalue weighted by atomic mass is 16.6. The first kappa shape index (κ1) is 16.8. The molecule has 2 aromatic rings. The first-order valence-electron chi connectivity index (χ1n) is 8.04. The number of pyridine rings is 1. The van der Waals surface area contributed by atoms with E-state index in [1.54, 1.807) is 4.90 Å². The van der Waals surface area contributed by atoms with Crippen LogP contribution >= 0.6 is 0 Å². The molecule has 8 heteroatoms. The van der Waals surface area contributed by atoms with Crippen molar-refractivity contribution in [3.05, 3.63) is 64.5 Å². The van der Waals surface area contributed by atoms with Crippen LogP contribution in [-0.4, -0.2) is 51.9 Å². The number of benzene rings is 1. The second-order valence-corrected chi connectivity index (χ2v) is 5.83. The Labute approximate surface area is 145 Å². The van der Waals surface area contributed by atoms with E-state index in [-0.39, 0.29) is 17.4 Å². The van der Waals surface area contributed by atoms with Crippen molar-refractivity contribution in [3.8, 4) is 0 Å². The molecule has 1 aromatic heterocycles. The van der Waals surface area contributed by atoms with Gasteiger partial charge in [0.25, 0.3) is 0 Å². The summed E-state index contributed by atoms with van der Waals surface area (Å²) < 4.78 is 0. The monoisotopic (exact) mass is 341 g/mol. The maximum atomic E-state index is 12.4. The second kappa shape index (κ2) is 7.71. The van der Waals surface area contributed by atoms with Crippen molar-refractivity contribution >= 4 is 17.4 Å². The Morgan fingerprint density at radius 1 is 1.16 bits per heavy atom. The van der Waals surface area contributed by atoms with Crippen LogP contribution in [0.2, 0.25) is 0 Å². The number of carbonyl (C=O) groups excluding carboxylic acids is 1. The summed E-state index contributed by atoms with van der Waals surface area (Å²) in [5.41, 5.74) is 1.20. The SMILES string of the molecule is O=C(Nc1ccncc1[N+](=O)[O-])N1CCN(Cc2ccccc2)CC1. The fourth-order valence-corrected chi connectivity index (χ4v) is 2.78. The number of carbonyl (C=O) groups is 1. The van der Waals surface area contributed by atoms with Crippen LogP contribution in [0.3, 0.4) is 0 Å². The number of rotatable bonds is 4. The molecule has 0 atom stereocenters. The molecular weight excluding hydrogens is 322 g/mol. The number of hydrogen-bond donors (Lipinski definition) is 1. The van der Waals surface area contributed by atoms with Gasteiger partial charge in [0.1, 0.15) is 11.9 Å². The molecule has 2 heterocycles. The zero-order valence-corrected chi connectivity index (χ0v) is 13.7. The van der Waals surface area contributed by atoms with E-state index >= 15 is 0 Å². The maximum Gasteiger partial charge on any atom is 0.322 e. The van der Waals surface area contributed by atoms with E-state index in [0.29, 0.717) is 13.1 Å². The number of nitrogens with zero attached hydrogens (tertiary/aromatic N) is 4. The zero-order chi connectivity index (χ0) is 17.6. The van der Waals surface area contributed by atoms with Gasteiger partial charge in [-0.15, -0.1) is 0 Å². The van der Waals surface area contributed by atoms with E-state index in [4.69, 9.17) is 0 Å². The van der Waals surface area contributed by atoms with E-state index in [2.05, 4.69) is 27.3 Å². The van der Waals surface area contributed by atoms with Gasteiger partial charge in [0.05, 0.1) is 4.92 Å². The Hall–Kier alpha value is -3.00. The average molecular weight is 341 g/mol. The molecule has 25 heavy (non-hydrogen) atoms. The van der Waals surface area contributed by atoms with E-state index in [1.807, 2.05) is 18.2 Å². The molecule has 0 radical (unpaired) electrons. The third kappa shape index (κ3) is 4.30. The normalized spacial score (nSPS) is 15.0. The van der Waals surface area contributed by atoms with Gasteiger partial charge < -0.3 is 10.2 Å². The van der Waals surface area contributed by atoms with Crippen molar-refractivity contribution < 1.29 is 9.72 Å². The van der Waals surface area contributed by atoms with E-state index in [9.17, 15) is 14.9 Å². The lowest BCUT2D eigenvalue weighted by Gasteiger charge is -2.34. The molecule has 130 valence electrons. The predicted molar refractivity (Wildman–Crippen MR) is 93.2 cm³/mol. The van der Waals surface area contributed by atoms with Gasteiger partial charge >= 0.3 is 11.7 Å². The molecule has 8 nitrogen and oxygen atoms in total. The summed E-state index contributed by atoms with van der Waals surface area (Å²) in [6.45, 7) is 3.54. The van der Waals surface area contributed by atoms with Gasteiger partial charge in [-0.2, -0.15) is 0 Å². The summed E-state index contributed by atoms with van der Waals surface area (Å²) in [5, 5.41) is 13.6. The topological polar surface area (TPSA) is 91.6 Å². The number of nitrogens with one attached hydrogen (secondary N) is 1. The summed E-state index contributed by atoms with van der Waals surface area (Å²) in [5.74, 6) is 0. The van der Waals surface area contributed by atoms with Crippen LogP contribution in [0.15, 0.2) is 48.8 Å². The van der Waals surface area contributed by atoms with Crippen molar-refractivity contribution in [1.82, 2.24) is 14.8 Å². The van der Waals surface area contributed by atoms with Crippen LogP contribution < -0.4 is 5.32 Å². The maximum absolute atomic E-state index is 12.4. The minimum Gasteiger partial charge on any atom is -0.322 e. The third-order valence-corrected chi connectivity index (χ3v) is 4.15. The molecule has 1 saturated heterocycles. The van der Waals surface area contributed by atoms with E-state index < -0.39 is 4.92 Å². The summed E-state index contributed by atoms with van der Waals surface area (Å²) >= 11 is 0. The molecular formula is C17H19N5O3. The number of hydrogen-bond acceptors (Lipinski definition) is 5. The number of aromatic nitrogens is 1. The molecule has 1 aliphatic rings. The Morgan fingerprint density at radius 2 is 1.88 bits per heavy atom. The van der Waals surface area contributed by atoms with Crippen LogP contribution in [-0.2, 0) is 6.54 Å². The molecule has 0 bridgehead atoms. The van der Waals surface area contributed by atoms with Gasteiger partial charge in [0, 0.05) is 38.9 Å². The zero-order valence-electron chi connectivity index (χ0n) is 13.7. The summed E-state index contributed by atoms with van der Waals surface area (Å²) in [4.78, 5) is 30.5. The number of urea groups is 1. The molecule has 1 fully saturated rings. The van der Waals surface area contributed by atoms with Crippen LogP contribution in [0.4, 0.5) is 16.2 Å². The smallest absolute Gasteiger partial charge is 0.322 e. The summed E-state index contributed by atoms with van der Waals surface area (Å²) in [7, 11) is 0. The summed E-state index contributed by atoms with van der Waals surface area (Å²) in [6.07, 6.45) is 2.55. The molecule has 0 saturated carbocycles. The third-order valence-electron chi connectivity index (χ3n) is 4.15. The van der Waals surface area contributed by atoms with E-state index in [0.717, 1.165) is 25.8 Å². The van der Waals surface area contributed by atoms with Gasteiger partial charge in [-0.3, -0.25) is 20.0 Å². The lowest BCUT2D eigenvalue weighted by molar-refractivity contribution is -0.384. The number of nitro groups is 1. The number of amides is 2.